The molecule has 0 aromatic heterocycles. The van der Waals surface area contributed by atoms with Gasteiger partial charge in [0.2, 0.25) is 11.1 Å². The molecule has 49 heavy (non-hydrogen) atoms. The van der Waals surface area contributed by atoms with Gasteiger partial charge in [-0.05, 0) is 119 Å². The molecule has 2 saturated heterocycles. The van der Waals surface area contributed by atoms with Gasteiger partial charge in [0, 0.05) is 29.7 Å². The highest BCUT2D eigenvalue weighted by atomic mass is 35.5. The number of likely N-dealkylation sites (tertiary alicyclic amines) is 1. The summed E-state index contributed by atoms with van der Waals surface area (Å²) in [6.45, 7) is 7.57. The van der Waals surface area contributed by atoms with Crippen molar-refractivity contribution in [2.75, 3.05) is 39.4 Å². The third-order valence-electron chi connectivity index (χ3n) is 10.2. The van der Waals surface area contributed by atoms with E-state index in [2.05, 4.69) is 5.32 Å². The Bertz CT molecular complexity index is 1400. The first kappa shape index (κ1) is 39.1. The van der Waals surface area contributed by atoms with Gasteiger partial charge in [0.1, 0.15) is 0 Å². The summed E-state index contributed by atoms with van der Waals surface area (Å²) in [5.41, 5.74) is 1.18. The van der Waals surface area contributed by atoms with E-state index in [1.807, 2.05) is 55.1 Å². The topological polar surface area (TPSA) is 102 Å². The summed E-state index contributed by atoms with van der Waals surface area (Å²) in [5, 5.41) is 4.30. The van der Waals surface area contributed by atoms with Crippen molar-refractivity contribution in [1.29, 1.82) is 0 Å². The molecule has 2 aliphatic heterocycles. The van der Waals surface area contributed by atoms with Crippen molar-refractivity contribution < 1.29 is 28.7 Å². The molecule has 2 aromatic rings. The molecule has 0 unspecified atom stereocenters. The van der Waals surface area contributed by atoms with Crippen LogP contribution in [0, 0.1) is 11.8 Å². The fourth-order valence-corrected chi connectivity index (χ4v) is 7.60. The minimum atomic E-state index is -0.429. The van der Waals surface area contributed by atoms with Crippen LogP contribution in [-0.4, -0.2) is 67.4 Å². The number of rotatable bonds is 8. The first-order valence-corrected chi connectivity index (χ1v) is 18.7. The number of hydrogen-bond acceptors (Lipinski definition) is 7. The number of piperidine rings is 2. The number of nitrogens with zero attached hydrogens (tertiary/aromatic N) is 1. The predicted octanol–water partition coefficient (Wildman–Crippen LogP) is 7.64. The zero-order valence-electron chi connectivity index (χ0n) is 28.6. The SMILES string of the molecule is CCOC(=O)[C@H]1CCCN(C(=O)C2(c3ccc(Cl)cc3)CCC2)C1.CCOC(=O)[C@H]1CCCNC1.O=C(Cl)C1(c2ccc(Cl)cc2)CCC1. The van der Waals surface area contributed by atoms with Gasteiger partial charge in [-0.3, -0.25) is 19.2 Å². The highest BCUT2D eigenvalue weighted by Gasteiger charge is 2.48. The fourth-order valence-electron chi connectivity index (χ4n) is 7.05. The maximum absolute atomic E-state index is 13.3. The summed E-state index contributed by atoms with van der Waals surface area (Å²) in [6.07, 6.45) is 9.30. The molecule has 2 atom stereocenters. The molecule has 0 bridgehead atoms. The minimum absolute atomic E-state index is 0.0419. The number of carbonyl (C=O) groups is 4. The Morgan fingerprint density at radius 1 is 0.735 bits per heavy atom. The Hall–Kier alpha value is -2.65. The Balaban J connectivity index is 0.000000183. The van der Waals surface area contributed by atoms with E-state index in [0.717, 1.165) is 95.0 Å². The molecule has 1 amide bonds. The number of hydrogen-bond donors (Lipinski definition) is 1. The summed E-state index contributed by atoms with van der Waals surface area (Å²) < 4.78 is 10.0. The van der Waals surface area contributed by atoms with E-state index in [-0.39, 0.29) is 34.9 Å². The van der Waals surface area contributed by atoms with Gasteiger partial charge in [-0.25, -0.2) is 0 Å². The van der Waals surface area contributed by atoms with Crippen LogP contribution < -0.4 is 5.32 Å². The van der Waals surface area contributed by atoms with Crippen molar-refractivity contribution in [2.24, 2.45) is 11.8 Å². The molecule has 8 nitrogen and oxygen atoms in total. The highest BCUT2D eigenvalue weighted by Crippen LogP contribution is 2.47. The lowest BCUT2D eigenvalue weighted by Crippen LogP contribution is -2.54. The van der Waals surface area contributed by atoms with Crippen LogP contribution in [0.15, 0.2) is 48.5 Å². The van der Waals surface area contributed by atoms with Gasteiger partial charge in [-0.15, -0.1) is 0 Å². The average molecular weight is 736 g/mol. The highest BCUT2D eigenvalue weighted by molar-refractivity contribution is 6.65. The summed E-state index contributed by atoms with van der Waals surface area (Å²) in [4.78, 5) is 49.7. The second kappa shape index (κ2) is 18.5. The van der Waals surface area contributed by atoms with Gasteiger partial charge in [-0.2, -0.15) is 0 Å². The third-order valence-corrected chi connectivity index (χ3v) is 11.1. The van der Waals surface area contributed by atoms with Crippen molar-refractivity contribution in [3.8, 4) is 0 Å². The summed E-state index contributed by atoms with van der Waals surface area (Å²) in [7, 11) is 0. The quantitative estimate of drug-likeness (QED) is 0.220. The summed E-state index contributed by atoms with van der Waals surface area (Å²) in [5.74, 6) is -0.150. The molecule has 2 heterocycles. The van der Waals surface area contributed by atoms with E-state index < -0.39 is 10.8 Å². The van der Waals surface area contributed by atoms with Crippen molar-refractivity contribution in [1.82, 2.24) is 10.2 Å². The van der Waals surface area contributed by atoms with Gasteiger partial charge in [-0.1, -0.05) is 60.3 Å². The van der Waals surface area contributed by atoms with Gasteiger partial charge >= 0.3 is 11.9 Å². The first-order valence-electron chi connectivity index (χ1n) is 17.6. The Morgan fingerprint density at radius 2 is 1.22 bits per heavy atom. The van der Waals surface area contributed by atoms with E-state index >= 15 is 0 Å². The molecule has 0 spiro atoms. The Kier molecular flexibility index (Phi) is 14.8. The van der Waals surface area contributed by atoms with Crippen LogP contribution in [0.1, 0.15) is 89.2 Å². The molecule has 2 aliphatic carbocycles. The van der Waals surface area contributed by atoms with Crippen molar-refractivity contribution >= 4 is 57.9 Å². The van der Waals surface area contributed by atoms with E-state index in [4.69, 9.17) is 44.3 Å². The largest absolute Gasteiger partial charge is 0.466 e. The van der Waals surface area contributed by atoms with Gasteiger partial charge in [0.05, 0.1) is 35.9 Å². The third kappa shape index (κ3) is 9.78. The molecule has 2 aromatic carbocycles. The van der Waals surface area contributed by atoms with Gasteiger partial charge in [0.25, 0.3) is 0 Å². The van der Waals surface area contributed by atoms with Gasteiger partial charge in [0.15, 0.2) is 0 Å². The number of amides is 1. The number of esters is 2. The smallest absolute Gasteiger partial charge is 0.310 e. The van der Waals surface area contributed by atoms with Crippen LogP contribution in [-0.2, 0) is 39.5 Å². The molecule has 6 rings (SSSR count). The van der Waals surface area contributed by atoms with Crippen LogP contribution >= 0.6 is 34.8 Å². The molecular formula is C38H49Cl3N2O6. The molecule has 1 N–H and O–H groups in total. The molecule has 4 fully saturated rings. The van der Waals surface area contributed by atoms with Gasteiger partial charge < -0.3 is 19.7 Å². The van der Waals surface area contributed by atoms with Crippen LogP contribution in [0.2, 0.25) is 10.0 Å². The zero-order valence-corrected chi connectivity index (χ0v) is 30.9. The van der Waals surface area contributed by atoms with E-state index in [1.54, 1.807) is 12.1 Å². The zero-order chi connectivity index (χ0) is 35.4. The number of benzene rings is 2. The predicted molar refractivity (Wildman–Crippen MR) is 193 cm³/mol. The van der Waals surface area contributed by atoms with Crippen molar-refractivity contribution in [2.45, 2.75) is 88.9 Å². The lowest BCUT2D eigenvalue weighted by atomic mass is 9.63. The molecule has 2 saturated carbocycles. The molecular weight excluding hydrogens is 687 g/mol. The standard InChI is InChI=1S/C19H24ClNO3.C11H10Cl2O.C8H15NO2/c1-2-24-17(22)14-5-3-12-21(13-14)18(23)19(10-4-11-19)15-6-8-16(20)9-7-15;12-9-4-2-8(3-5-9)11(10(13)14)6-1-7-11;1-2-11-8(10)7-4-3-5-9-6-7/h6-9,14H,2-5,10-13H2,1H3;2-5H,1,6-7H2;7,9H,2-6H2,1H3/t14-;;7-/m0.0/s1. The van der Waals surface area contributed by atoms with Crippen LogP contribution in [0.3, 0.4) is 0 Å². The molecule has 268 valence electrons. The van der Waals surface area contributed by atoms with Crippen LogP contribution in [0.5, 0.6) is 0 Å². The van der Waals surface area contributed by atoms with Crippen LogP contribution in [0.25, 0.3) is 0 Å². The number of ether oxygens (including phenoxy) is 2. The molecule has 0 radical (unpaired) electrons. The second-order valence-corrected chi connectivity index (χ2v) is 14.5. The average Bonchev–Trinajstić information content (AvgIpc) is 3.06. The lowest BCUT2D eigenvalue weighted by molar-refractivity contribution is -0.153. The fraction of sp³-hybridized carbons (Fsp3) is 0.579. The van der Waals surface area contributed by atoms with Crippen LogP contribution in [0.4, 0.5) is 0 Å². The van der Waals surface area contributed by atoms with E-state index in [0.29, 0.717) is 29.8 Å². The molecule has 4 aliphatic rings. The lowest BCUT2D eigenvalue weighted by Gasteiger charge is -2.45. The Labute approximate surface area is 305 Å². The summed E-state index contributed by atoms with van der Waals surface area (Å²) in [6, 6.07) is 15.0. The second-order valence-electron chi connectivity index (χ2n) is 13.3. The Morgan fingerprint density at radius 3 is 1.65 bits per heavy atom. The summed E-state index contributed by atoms with van der Waals surface area (Å²) >= 11 is 17.4. The van der Waals surface area contributed by atoms with E-state index in [9.17, 15) is 19.2 Å². The first-order chi connectivity index (χ1) is 23.6. The number of nitrogens with one attached hydrogen (secondary N) is 1. The normalized spacial score (nSPS) is 21.9. The van der Waals surface area contributed by atoms with E-state index in [1.165, 1.54) is 0 Å². The van der Waals surface area contributed by atoms with Crippen molar-refractivity contribution in [3.05, 3.63) is 69.7 Å². The maximum Gasteiger partial charge on any atom is 0.310 e. The van der Waals surface area contributed by atoms with Crippen molar-refractivity contribution in [3.63, 3.8) is 0 Å². The molecule has 11 heteroatoms. The minimum Gasteiger partial charge on any atom is -0.466 e. The number of carbonyl (C=O) groups excluding carboxylic acids is 4. The monoisotopic (exact) mass is 734 g/mol. The maximum atomic E-state index is 13.3. The number of halogens is 3.